The maximum absolute atomic E-state index is 13.3. The van der Waals surface area contributed by atoms with Crippen LogP contribution in [0.2, 0.25) is 0 Å². The summed E-state index contributed by atoms with van der Waals surface area (Å²) in [5, 5.41) is 12.7. The Balaban J connectivity index is 2.30. The van der Waals surface area contributed by atoms with E-state index in [2.05, 4.69) is 31.0 Å². The fourth-order valence-corrected chi connectivity index (χ4v) is 2.13. The highest BCUT2D eigenvalue weighted by molar-refractivity contribution is 5.73. The maximum atomic E-state index is 13.3. The number of benzene rings is 1. The summed E-state index contributed by atoms with van der Waals surface area (Å²) in [4.78, 5) is 8.69. The van der Waals surface area contributed by atoms with Gasteiger partial charge in [-0.05, 0) is 24.6 Å². The molecule has 0 unspecified atom stereocenters. The van der Waals surface area contributed by atoms with Gasteiger partial charge in [-0.1, -0.05) is 13.0 Å². The molecule has 0 bridgehead atoms. The second kappa shape index (κ2) is 10.0. The molecule has 9 heteroatoms. The van der Waals surface area contributed by atoms with Gasteiger partial charge in [0.1, 0.15) is 17.3 Å². The molecule has 0 amide bonds. The largest absolute Gasteiger partial charge is 0.388 e. The van der Waals surface area contributed by atoms with Crippen LogP contribution < -0.4 is 21.7 Å². The summed E-state index contributed by atoms with van der Waals surface area (Å²) in [6, 6.07) is 6.05. The molecule has 0 fully saturated rings. The van der Waals surface area contributed by atoms with Gasteiger partial charge in [0.2, 0.25) is 5.95 Å². The van der Waals surface area contributed by atoms with E-state index in [1.807, 2.05) is 6.92 Å². The quantitative estimate of drug-likeness (QED) is 0.328. The molecule has 0 radical (unpaired) electrons. The van der Waals surface area contributed by atoms with Crippen LogP contribution in [0.4, 0.5) is 21.8 Å². The van der Waals surface area contributed by atoms with E-state index in [1.54, 1.807) is 24.5 Å². The minimum absolute atomic E-state index is 0.317. The molecule has 6 N–H and O–H groups in total. The first-order valence-electron chi connectivity index (χ1n) is 8.33. The van der Waals surface area contributed by atoms with Crippen molar-refractivity contribution in [2.45, 2.75) is 13.3 Å². The molecule has 0 aliphatic carbocycles. The van der Waals surface area contributed by atoms with Crippen molar-refractivity contribution in [3.63, 3.8) is 0 Å². The highest BCUT2D eigenvalue weighted by Gasteiger charge is 2.12. The lowest BCUT2D eigenvalue weighted by Crippen LogP contribution is -2.17. The van der Waals surface area contributed by atoms with Crippen molar-refractivity contribution < 1.29 is 4.39 Å². The molecule has 0 aliphatic heterocycles. The van der Waals surface area contributed by atoms with Crippen LogP contribution in [-0.2, 0) is 0 Å². The molecule has 138 valence electrons. The van der Waals surface area contributed by atoms with Gasteiger partial charge in [-0.25, -0.2) is 14.9 Å². The summed E-state index contributed by atoms with van der Waals surface area (Å²) >= 11 is 0. The van der Waals surface area contributed by atoms with Crippen molar-refractivity contribution in [2.24, 2.45) is 10.8 Å². The van der Waals surface area contributed by atoms with Crippen LogP contribution in [-0.4, -0.2) is 29.6 Å². The number of nitrogens with one attached hydrogen (secondary N) is 4. The molecule has 1 heterocycles. The molecular formula is C17H23FN8. The van der Waals surface area contributed by atoms with E-state index in [4.69, 9.17) is 11.3 Å². The standard InChI is InChI=1S/C17H23FN8/c1-2-7-22-16-14(15(26-20)11-21-8-6-19)10-23-17(25-16)24-13-5-3-4-12(18)9-13/h3-5,9-11,20-21H,2,6-8,19H2,1H3,(H2,22,23,24,25)/b15-11-,26-20?. The molecule has 0 saturated heterocycles. The number of nitrogens with two attached hydrogens (primary N) is 1. The van der Waals surface area contributed by atoms with Gasteiger partial charge >= 0.3 is 0 Å². The van der Waals surface area contributed by atoms with Gasteiger partial charge in [0.25, 0.3) is 0 Å². The van der Waals surface area contributed by atoms with Crippen LogP contribution in [0, 0.1) is 11.3 Å². The molecule has 2 aromatic rings. The Hall–Kier alpha value is -3.07. The Morgan fingerprint density at radius 2 is 2.23 bits per heavy atom. The highest BCUT2D eigenvalue weighted by Crippen LogP contribution is 2.24. The number of hydrogen-bond donors (Lipinski definition) is 5. The minimum atomic E-state index is -0.347. The number of nitrogens with zero attached hydrogens (tertiary/aromatic N) is 3. The van der Waals surface area contributed by atoms with Gasteiger partial charge in [0.15, 0.2) is 0 Å². The van der Waals surface area contributed by atoms with Crippen LogP contribution >= 0.6 is 0 Å². The number of halogens is 1. The van der Waals surface area contributed by atoms with Crippen molar-refractivity contribution in [3.05, 3.63) is 48.0 Å². The van der Waals surface area contributed by atoms with Crippen molar-refractivity contribution in [2.75, 3.05) is 30.3 Å². The van der Waals surface area contributed by atoms with E-state index in [9.17, 15) is 4.39 Å². The zero-order valence-electron chi connectivity index (χ0n) is 14.6. The van der Waals surface area contributed by atoms with E-state index in [-0.39, 0.29) is 5.82 Å². The molecular weight excluding hydrogens is 335 g/mol. The molecule has 0 aliphatic rings. The predicted octanol–water partition coefficient (Wildman–Crippen LogP) is 3.06. The fraction of sp³-hybridized carbons (Fsp3) is 0.294. The third kappa shape index (κ3) is 5.49. The highest BCUT2D eigenvalue weighted by atomic mass is 19.1. The van der Waals surface area contributed by atoms with Crippen molar-refractivity contribution in [3.8, 4) is 0 Å². The number of rotatable bonds is 10. The summed E-state index contributed by atoms with van der Waals surface area (Å²) in [6.45, 7) is 3.77. The van der Waals surface area contributed by atoms with E-state index in [0.29, 0.717) is 48.3 Å². The van der Waals surface area contributed by atoms with Gasteiger partial charge in [-0.3, -0.25) is 0 Å². The molecule has 0 saturated carbocycles. The van der Waals surface area contributed by atoms with Crippen LogP contribution in [0.25, 0.3) is 5.70 Å². The van der Waals surface area contributed by atoms with Crippen molar-refractivity contribution >= 4 is 23.2 Å². The zero-order chi connectivity index (χ0) is 18.8. The van der Waals surface area contributed by atoms with E-state index in [0.717, 1.165) is 6.42 Å². The Labute approximate surface area is 151 Å². The first-order chi connectivity index (χ1) is 12.7. The third-order valence-electron chi connectivity index (χ3n) is 3.34. The van der Waals surface area contributed by atoms with Gasteiger partial charge in [-0.2, -0.15) is 10.1 Å². The average Bonchev–Trinajstić information content (AvgIpc) is 2.64. The Morgan fingerprint density at radius 1 is 1.38 bits per heavy atom. The molecule has 1 aromatic carbocycles. The van der Waals surface area contributed by atoms with Gasteiger partial charge in [-0.15, -0.1) is 0 Å². The lowest BCUT2D eigenvalue weighted by Gasteiger charge is -2.13. The normalized spacial score (nSPS) is 11.1. The smallest absolute Gasteiger partial charge is 0.229 e. The topological polar surface area (TPSA) is 124 Å². The first-order valence-corrected chi connectivity index (χ1v) is 8.33. The van der Waals surface area contributed by atoms with E-state index < -0.39 is 0 Å². The van der Waals surface area contributed by atoms with Gasteiger partial charge in [0, 0.05) is 37.7 Å². The summed E-state index contributed by atoms with van der Waals surface area (Å²) in [7, 11) is 0. The second-order valence-corrected chi connectivity index (χ2v) is 5.40. The van der Waals surface area contributed by atoms with E-state index in [1.165, 1.54) is 12.1 Å². The lowest BCUT2D eigenvalue weighted by molar-refractivity contribution is 0.628. The summed E-state index contributed by atoms with van der Waals surface area (Å²) in [5.41, 5.74) is 14.4. The third-order valence-corrected chi connectivity index (χ3v) is 3.34. The molecule has 0 spiro atoms. The van der Waals surface area contributed by atoms with E-state index >= 15 is 0 Å². The molecule has 8 nitrogen and oxygen atoms in total. The molecule has 2 rings (SSSR count). The Bertz CT molecular complexity index is 762. The first kappa shape index (κ1) is 19.3. The minimum Gasteiger partial charge on any atom is -0.388 e. The summed E-state index contributed by atoms with van der Waals surface area (Å²) in [5.74, 6) is 0.509. The maximum Gasteiger partial charge on any atom is 0.229 e. The van der Waals surface area contributed by atoms with Crippen LogP contribution in [0.15, 0.2) is 41.8 Å². The zero-order valence-corrected chi connectivity index (χ0v) is 14.6. The average molecular weight is 358 g/mol. The Kier molecular flexibility index (Phi) is 7.44. The molecule has 0 atom stereocenters. The lowest BCUT2D eigenvalue weighted by atomic mass is 10.2. The van der Waals surface area contributed by atoms with Crippen LogP contribution in [0.3, 0.4) is 0 Å². The summed E-state index contributed by atoms with van der Waals surface area (Å²) < 4.78 is 13.3. The fourth-order valence-electron chi connectivity index (χ4n) is 2.13. The van der Waals surface area contributed by atoms with Crippen molar-refractivity contribution in [1.82, 2.24) is 15.3 Å². The predicted molar refractivity (Wildman–Crippen MR) is 101 cm³/mol. The number of hydrogen-bond acceptors (Lipinski definition) is 8. The SMILES string of the molecule is CCCNc1nc(Nc2cccc(F)c2)ncc1/C(=C/NCCN)N=N. The Morgan fingerprint density at radius 3 is 2.92 bits per heavy atom. The molecule has 1 aromatic heterocycles. The molecule has 26 heavy (non-hydrogen) atoms. The number of anilines is 3. The monoisotopic (exact) mass is 358 g/mol. The van der Waals surface area contributed by atoms with Crippen LogP contribution in [0.5, 0.6) is 0 Å². The number of aromatic nitrogens is 2. The summed E-state index contributed by atoms with van der Waals surface area (Å²) in [6.07, 6.45) is 4.08. The van der Waals surface area contributed by atoms with Gasteiger partial charge in [0.05, 0.1) is 5.56 Å². The van der Waals surface area contributed by atoms with Crippen LogP contribution in [0.1, 0.15) is 18.9 Å². The van der Waals surface area contributed by atoms with Crippen molar-refractivity contribution in [1.29, 1.82) is 5.53 Å². The van der Waals surface area contributed by atoms with Gasteiger partial charge < -0.3 is 21.7 Å². The second-order valence-electron chi connectivity index (χ2n) is 5.40.